The van der Waals surface area contributed by atoms with Gasteiger partial charge in [-0.1, -0.05) is 12.1 Å². The lowest BCUT2D eigenvalue weighted by molar-refractivity contribution is -0.134. The molecule has 0 spiro atoms. The highest BCUT2D eigenvalue weighted by Crippen LogP contribution is 2.26. The normalized spacial score (nSPS) is 21.8. The molecule has 1 aliphatic rings. The van der Waals surface area contributed by atoms with E-state index in [0.717, 1.165) is 24.8 Å². The Hall–Kier alpha value is -1.13. The number of benzene rings is 1. The zero-order valence-electron chi connectivity index (χ0n) is 11.0. The van der Waals surface area contributed by atoms with E-state index in [1.807, 2.05) is 0 Å². The Balaban J connectivity index is 0.00000180. The standard InChI is InChI=1S/C14H19FN2O.ClH/c1-17(9-10-2-5-12(15)6-3-10)14(18)11-4-7-13(16)8-11;/h2-3,5-6,11,13H,4,7-9,16H2,1H3;1H. The fraction of sp³-hybridized carbons (Fsp3) is 0.500. The summed E-state index contributed by atoms with van der Waals surface area (Å²) in [7, 11) is 1.79. The first kappa shape index (κ1) is 15.9. The van der Waals surface area contributed by atoms with Gasteiger partial charge in [0.25, 0.3) is 0 Å². The molecule has 0 heterocycles. The van der Waals surface area contributed by atoms with Gasteiger partial charge >= 0.3 is 0 Å². The highest BCUT2D eigenvalue weighted by molar-refractivity contribution is 5.85. The van der Waals surface area contributed by atoms with Crippen LogP contribution in [-0.4, -0.2) is 23.9 Å². The van der Waals surface area contributed by atoms with Crippen LogP contribution >= 0.6 is 12.4 Å². The SMILES string of the molecule is CN(Cc1ccc(F)cc1)C(=O)C1CCC(N)C1.Cl. The van der Waals surface area contributed by atoms with E-state index >= 15 is 0 Å². The predicted octanol–water partition coefficient (Wildman–Crippen LogP) is 2.33. The zero-order valence-corrected chi connectivity index (χ0v) is 11.8. The van der Waals surface area contributed by atoms with Gasteiger partial charge in [0.1, 0.15) is 5.82 Å². The van der Waals surface area contributed by atoms with Crippen molar-refractivity contribution < 1.29 is 9.18 Å². The fourth-order valence-corrected chi connectivity index (χ4v) is 2.49. The molecule has 1 aromatic carbocycles. The summed E-state index contributed by atoms with van der Waals surface area (Å²) in [6, 6.07) is 6.41. The highest BCUT2D eigenvalue weighted by atomic mass is 35.5. The minimum Gasteiger partial charge on any atom is -0.341 e. The second-order valence-electron chi connectivity index (χ2n) is 5.09. The third-order valence-electron chi connectivity index (χ3n) is 3.53. The molecule has 0 aromatic heterocycles. The first-order chi connectivity index (χ1) is 8.56. The number of carbonyl (C=O) groups is 1. The van der Waals surface area contributed by atoms with E-state index in [2.05, 4.69) is 0 Å². The maximum absolute atomic E-state index is 12.8. The van der Waals surface area contributed by atoms with Crippen molar-refractivity contribution in [2.45, 2.75) is 31.8 Å². The number of halogens is 2. The van der Waals surface area contributed by atoms with E-state index in [9.17, 15) is 9.18 Å². The van der Waals surface area contributed by atoms with Crippen molar-refractivity contribution in [3.05, 3.63) is 35.6 Å². The Morgan fingerprint density at radius 2 is 2.00 bits per heavy atom. The number of amides is 1. The molecule has 2 N–H and O–H groups in total. The molecule has 106 valence electrons. The average molecular weight is 287 g/mol. The van der Waals surface area contributed by atoms with Crippen molar-refractivity contribution in [3.63, 3.8) is 0 Å². The van der Waals surface area contributed by atoms with Gasteiger partial charge in [0.05, 0.1) is 0 Å². The number of nitrogens with two attached hydrogens (primary N) is 1. The molecule has 1 amide bonds. The maximum Gasteiger partial charge on any atom is 0.225 e. The second-order valence-corrected chi connectivity index (χ2v) is 5.09. The molecule has 2 rings (SSSR count). The fourth-order valence-electron chi connectivity index (χ4n) is 2.49. The van der Waals surface area contributed by atoms with Gasteiger partial charge in [-0.2, -0.15) is 0 Å². The lowest BCUT2D eigenvalue weighted by Gasteiger charge is -2.21. The van der Waals surface area contributed by atoms with E-state index in [4.69, 9.17) is 5.73 Å². The zero-order chi connectivity index (χ0) is 13.1. The van der Waals surface area contributed by atoms with Crippen molar-refractivity contribution >= 4 is 18.3 Å². The van der Waals surface area contributed by atoms with E-state index in [1.165, 1.54) is 12.1 Å². The third kappa shape index (κ3) is 4.18. The van der Waals surface area contributed by atoms with Gasteiger partial charge in [0, 0.05) is 25.6 Å². The van der Waals surface area contributed by atoms with E-state index in [1.54, 1.807) is 24.1 Å². The van der Waals surface area contributed by atoms with Crippen molar-refractivity contribution in [2.24, 2.45) is 11.7 Å². The van der Waals surface area contributed by atoms with Crippen LogP contribution in [0.15, 0.2) is 24.3 Å². The average Bonchev–Trinajstić information content (AvgIpc) is 2.78. The van der Waals surface area contributed by atoms with Gasteiger partial charge in [-0.05, 0) is 37.0 Å². The monoisotopic (exact) mass is 286 g/mol. The van der Waals surface area contributed by atoms with Crippen molar-refractivity contribution in [1.82, 2.24) is 4.90 Å². The molecule has 1 aliphatic carbocycles. The first-order valence-corrected chi connectivity index (χ1v) is 6.31. The Kier molecular flexibility index (Phi) is 5.76. The molecule has 0 saturated heterocycles. The third-order valence-corrected chi connectivity index (χ3v) is 3.53. The second kappa shape index (κ2) is 6.87. The lowest BCUT2D eigenvalue weighted by Crippen LogP contribution is -2.32. The molecule has 0 bridgehead atoms. The Morgan fingerprint density at radius 1 is 1.37 bits per heavy atom. The minimum absolute atomic E-state index is 0. The van der Waals surface area contributed by atoms with Crippen LogP contribution in [-0.2, 0) is 11.3 Å². The van der Waals surface area contributed by atoms with Gasteiger partial charge in [-0.3, -0.25) is 4.79 Å². The summed E-state index contributed by atoms with van der Waals surface area (Å²) < 4.78 is 12.8. The van der Waals surface area contributed by atoms with Crippen molar-refractivity contribution in [2.75, 3.05) is 7.05 Å². The maximum atomic E-state index is 12.8. The topological polar surface area (TPSA) is 46.3 Å². The van der Waals surface area contributed by atoms with Gasteiger partial charge in [0.15, 0.2) is 0 Å². The summed E-state index contributed by atoms with van der Waals surface area (Å²) >= 11 is 0. The first-order valence-electron chi connectivity index (χ1n) is 6.31. The number of hydrogen-bond acceptors (Lipinski definition) is 2. The Morgan fingerprint density at radius 3 is 2.53 bits per heavy atom. The number of carbonyl (C=O) groups excluding carboxylic acids is 1. The number of rotatable bonds is 3. The predicted molar refractivity (Wildman–Crippen MR) is 75.4 cm³/mol. The smallest absolute Gasteiger partial charge is 0.225 e. The van der Waals surface area contributed by atoms with Crippen LogP contribution < -0.4 is 5.73 Å². The molecule has 0 radical (unpaired) electrons. The van der Waals surface area contributed by atoms with Crippen LogP contribution in [0.1, 0.15) is 24.8 Å². The van der Waals surface area contributed by atoms with Gasteiger partial charge in [-0.25, -0.2) is 4.39 Å². The van der Waals surface area contributed by atoms with Crippen LogP contribution in [0.25, 0.3) is 0 Å². The van der Waals surface area contributed by atoms with Crippen LogP contribution in [0.4, 0.5) is 4.39 Å². The molecule has 0 aliphatic heterocycles. The van der Waals surface area contributed by atoms with Crippen LogP contribution in [0.3, 0.4) is 0 Å². The van der Waals surface area contributed by atoms with Gasteiger partial charge in [0.2, 0.25) is 5.91 Å². The minimum atomic E-state index is -0.255. The molecule has 19 heavy (non-hydrogen) atoms. The van der Waals surface area contributed by atoms with Crippen molar-refractivity contribution in [3.8, 4) is 0 Å². The van der Waals surface area contributed by atoms with Crippen LogP contribution in [0, 0.1) is 11.7 Å². The summed E-state index contributed by atoms with van der Waals surface area (Å²) in [5, 5.41) is 0. The van der Waals surface area contributed by atoms with E-state index in [0.29, 0.717) is 6.54 Å². The molecule has 1 aromatic rings. The molecule has 3 nitrogen and oxygen atoms in total. The van der Waals surface area contributed by atoms with Crippen LogP contribution in [0.2, 0.25) is 0 Å². The van der Waals surface area contributed by atoms with Crippen LogP contribution in [0.5, 0.6) is 0 Å². The summed E-state index contributed by atoms with van der Waals surface area (Å²) in [5.41, 5.74) is 6.76. The summed E-state index contributed by atoms with van der Waals surface area (Å²) in [6.07, 6.45) is 2.60. The Bertz CT molecular complexity index is 424. The molecule has 1 saturated carbocycles. The van der Waals surface area contributed by atoms with Crippen molar-refractivity contribution in [1.29, 1.82) is 0 Å². The van der Waals surface area contributed by atoms with E-state index < -0.39 is 0 Å². The summed E-state index contributed by atoms with van der Waals surface area (Å²) in [6.45, 7) is 0.519. The van der Waals surface area contributed by atoms with E-state index in [-0.39, 0.29) is 36.1 Å². The quantitative estimate of drug-likeness (QED) is 0.927. The highest BCUT2D eigenvalue weighted by Gasteiger charge is 2.29. The molecular weight excluding hydrogens is 267 g/mol. The van der Waals surface area contributed by atoms with Gasteiger partial charge < -0.3 is 10.6 Å². The number of hydrogen-bond donors (Lipinski definition) is 1. The molecule has 1 fully saturated rings. The lowest BCUT2D eigenvalue weighted by atomic mass is 10.1. The molecule has 5 heteroatoms. The van der Waals surface area contributed by atoms with Gasteiger partial charge in [-0.15, -0.1) is 12.4 Å². The summed E-state index contributed by atoms with van der Waals surface area (Å²) in [5.74, 6) is -0.0489. The number of nitrogens with zero attached hydrogens (tertiary/aromatic N) is 1. The molecule has 2 atom stereocenters. The summed E-state index contributed by atoms with van der Waals surface area (Å²) in [4.78, 5) is 13.9. The Labute approximate surface area is 119 Å². The molecule has 2 unspecified atom stereocenters. The largest absolute Gasteiger partial charge is 0.341 e. The molecular formula is C14H20ClFN2O.